The Bertz CT molecular complexity index is 267. The Morgan fingerprint density at radius 2 is 2.29 bits per heavy atom. The zero-order chi connectivity index (χ0) is 9.97. The SMILES string of the molecule is N#C[C@@H]1CCCN1C(=O)CNC1CC1. The molecule has 4 heteroatoms. The number of amides is 1. The molecule has 76 valence electrons. The van der Waals surface area contributed by atoms with E-state index in [1.54, 1.807) is 4.90 Å². The van der Waals surface area contributed by atoms with Gasteiger partial charge in [0.25, 0.3) is 0 Å². The molecule has 1 N–H and O–H groups in total. The molecule has 1 saturated heterocycles. The van der Waals surface area contributed by atoms with Crippen molar-refractivity contribution in [3.8, 4) is 6.07 Å². The van der Waals surface area contributed by atoms with Gasteiger partial charge in [0, 0.05) is 12.6 Å². The van der Waals surface area contributed by atoms with Gasteiger partial charge in [0.15, 0.2) is 0 Å². The van der Waals surface area contributed by atoms with Crippen LogP contribution in [0.1, 0.15) is 25.7 Å². The summed E-state index contributed by atoms with van der Waals surface area (Å²) in [5, 5.41) is 12.0. The summed E-state index contributed by atoms with van der Waals surface area (Å²) in [4.78, 5) is 13.4. The predicted octanol–water partition coefficient (Wildman–Crippen LogP) is 0.253. The van der Waals surface area contributed by atoms with Gasteiger partial charge in [0.05, 0.1) is 12.6 Å². The largest absolute Gasteiger partial charge is 0.326 e. The maximum absolute atomic E-state index is 11.7. The number of hydrogen-bond acceptors (Lipinski definition) is 3. The molecule has 1 atom stereocenters. The molecule has 1 aliphatic carbocycles. The molecule has 2 aliphatic rings. The Labute approximate surface area is 83.9 Å². The van der Waals surface area contributed by atoms with Crippen molar-refractivity contribution in [2.45, 2.75) is 37.8 Å². The Balaban J connectivity index is 1.80. The van der Waals surface area contributed by atoms with E-state index >= 15 is 0 Å². The molecule has 2 fully saturated rings. The average Bonchev–Trinajstić information content (AvgIpc) is 2.90. The van der Waals surface area contributed by atoms with Gasteiger partial charge >= 0.3 is 0 Å². The van der Waals surface area contributed by atoms with Crippen LogP contribution in [-0.4, -0.2) is 36.0 Å². The van der Waals surface area contributed by atoms with Crippen molar-refractivity contribution in [2.24, 2.45) is 0 Å². The van der Waals surface area contributed by atoms with E-state index in [2.05, 4.69) is 11.4 Å². The first-order chi connectivity index (χ1) is 6.81. The summed E-state index contributed by atoms with van der Waals surface area (Å²) in [5.41, 5.74) is 0. The van der Waals surface area contributed by atoms with Crippen LogP contribution in [0, 0.1) is 11.3 Å². The number of hydrogen-bond donors (Lipinski definition) is 1. The summed E-state index contributed by atoms with van der Waals surface area (Å²) in [6.07, 6.45) is 4.18. The lowest BCUT2D eigenvalue weighted by molar-refractivity contribution is -0.130. The van der Waals surface area contributed by atoms with Gasteiger partial charge in [-0.2, -0.15) is 5.26 Å². The van der Waals surface area contributed by atoms with Crippen molar-refractivity contribution in [1.82, 2.24) is 10.2 Å². The van der Waals surface area contributed by atoms with Crippen molar-refractivity contribution in [2.75, 3.05) is 13.1 Å². The molecular formula is C10H15N3O. The van der Waals surface area contributed by atoms with Gasteiger partial charge < -0.3 is 10.2 Å². The topological polar surface area (TPSA) is 56.1 Å². The highest BCUT2D eigenvalue weighted by Crippen LogP contribution is 2.19. The first kappa shape index (κ1) is 9.47. The predicted molar refractivity (Wildman–Crippen MR) is 51.4 cm³/mol. The lowest BCUT2D eigenvalue weighted by Crippen LogP contribution is -2.41. The number of nitriles is 1. The number of likely N-dealkylation sites (tertiary alicyclic amines) is 1. The molecule has 0 bridgehead atoms. The zero-order valence-electron chi connectivity index (χ0n) is 8.20. The van der Waals surface area contributed by atoms with Gasteiger partial charge in [-0.25, -0.2) is 0 Å². The summed E-state index contributed by atoms with van der Waals surface area (Å²) in [7, 11) is 0. The lowest BCUT2D eigenvalue weighted by atomic mass is 10.2. The van der Waals surface area contributed by atoms with E-state index in [9.17, 15) is 4.79 Å². The van der Waals surface area contributed by atoms with Gasteiger partial charge in [-0.05, 0) is 25.7 Å². The molecule has 1 heterocycles. The molecule has 0 radical (unpaired) electrons. The minimum absolute atomic E-state index is 0.0842. The number of nitrogens with zero attached hydrogens (tertiary/aromatic N) is 2. The molecule has 0 aromatic heterocycles. The molecule has 0 aromatic carbocycles. The minimum Gasteiger partial charge on any atom is -0.326 e. The van der Waals surface area contributed by atoms with E-state index in [0.717, 1.165) is 19.4 Å². The molecule has 0 aromatic rings. The fourth-order valence-electron chi connectivity index (χ4n) is 1.82. The Kier molecular flexibility index (Phi) is 2.69. The smallest absolute Gasteiger partial charge is 0.237 e. The highest BCUT2D eigenvalue weighted by Gasteiger charge is 2.29. The fourth-order valence-corrected chi connectivity index (χ4v) is 1.82. The molecule has 2 rings (SSSR count). The molecule has 4 nitrogen and oxygen atoms in total. The monoisotopic (exact) mass is 193 g/mol. The molecule has 0 unspecified atom stereocenters. The lowest BCUT2D eigenvalue weighted by Gasteiger charge is -2.19. The van der Waals surface area contributed by atoms with Crippen LogP contribution in [0.25, 0.3) is 0 Å². The first-order valence-electron chi connectivity index (χ1n) is 5.23. The third kappa shape index (κ3) is 2.05. The van der Waals surface area contributed by atoms with Crippen LogP contribution in [0.4, 0.5) is 0 Å². The van der Waals surface area contributed by atoms with Gasteiger partial charge in [-0.3, -0.25) is 4.79 Å². The maximum Gasteiger partial charge on any atom is 0.237 e. The summed E-state index contributed by atoms with van der Waals surface area (Å²) in [6, 6.07) is 2.56. The Hall–Kier alpha value is -1.08. The Morgan fingerprint density at radius 1 is 1.50 bits per heavy atom. The molecule has 0 spiro atoms. The van der Waals surface area contributed by atoms with Gasteiger partial charge in [-0.15, -0.1) is 0 Å². The molecule has 1 saturated carbocycles. The third-order valence-corrected chi connectivity index (χ3v) is 2.84. The second kappa shape index (κ2) is 3.97. The molecular weight excluding hydrogens is 178 g/mol. The molecule has 1 aliphatic heterocycles. The maximum atomic E-state index is 11.7. The van der Waals surface area contributed by atoms with E-state index in [-0.39, 0.29) is 11.9 Å². The quantitative estimate of drug-likeness (QED) is 0.699. The van der Waals surface area contributed by atoms with E-state index in [1.165, 1.54) is 12.8 Å². The summed E-state index contributed by atoms with van der Waals surface area (Å²) in [5.74, 6) is 0.0842. The average molecular weight is 193 g/mol. The highest BCUT2D eigenvalue weighted by atomic mass is 16.2. The van der Waals surface area contributed by atoms with E-state index < -0.39 is 0 Å². The van der Waals surface area contributed by atoms with E-state index in [0.29, 0.717) is 12.6 Å². The number of nitrogens with one attached hydrogen (secondary N) is 1. The van der Waals surface area contributed by atoms with Crippen LogP contribution in [0.2, 0.25) is 0 Å². The number of carbonyl (C=O) groups excluding carboxylic acids is 1. The van der Waals surface area contributed by atoms with Crippen LogP contribution < -0.4 is 5.32 Å². The van der Waals surface area contributed by atoms with E-state index in [4.69, 9.17) is 5.26 Å². The van der Waals surface area contributed by atoms with Gasteiger partial charge in [0.2, 0.25) is 5.91 Å². The van der Waals surface area contributed by atoms with Crippen LogP contribution in [0.5, 0.6) is 0 Å². The molecule has 1 amide bonds. The van der Waals surface area contributed by atoms with Crippen LogP contribution in [-0.2, 0) is 4.79 Å². The standard InChI is InChI=1S/C10H15N3O/c11-6-9-2-1-5-13(9)10(14)7-12-8-3-4-8/h8-9,12H,1-5,7H2/t9-/m0/s1. The highest BCUT2D eigenvalue weighted by molar-refractivity contribution is 5.79. The van der Waals surface area contributed by atoms with Gasteiger partial charge in [0.1, 0.15) is 6.04 Å². The van der Waals surface area contributed by atoms with Crippen molar-refractivity contribution < 1.29 is 4.79 Å². The van der Waals surface area contributed by atoms with Crippen molar-refractivity contribution >= 4 is 5.91 Å². The summed E-state index contributed by atoms with van der Waals surface area (Å²) >= 11 is 0. The van der Waals surface area contributed by atoms with Crippen molar-refractivity contribution in [1.29, 1.82) is 5.26 Å². The summed E-state index contributed by atoms with van der Waals surface area (Å²) < 4.78 is 0. The minimum atomic E-state index is -0.177. The third-order valence-electron chi connectivity index (χ3n) is 2.84. The second-order valence-electron chi connectivity index (χ2n) is 4.03. The second-order valence-corrected chi connectivity index (χ2v) is 4.03. The van der Waals surface area contributed by atoms with Crippen molar-refractivity contribution in [3.05, 3.63) is 0 Å². The van der Waals surface area contributed by atoms with Gasteiger partial charge in [-0.1, -0.05) is 0 Å². The fraction of sp³-hybridized carbons (Fsp3) is 0.800. The van der Waals surface area contributed by atoms with Crippen LogP contribution in [0.3, 0.4) is 0 Å². The van der Waals surface area contributed by atoms with Crippen molar-refractivity contribution in [3.63, 3.8) is 0 Å². The number of carbonyl (C=O) groups is 1. The van der Waals surface area contributed by atoms with E-state index in [1.807, 2.05) is 0 Å². The normalized spacial score (nSPS) is 26.2. The summed E-state index contributed by atoms with van der Waals surface area (Å²) in [6.45, 7) is 1.16. The molecule has 14 heavy (non-hydrogen) atoms. The zero-order valence-corrected chi connectivity index (χ0v) is 8.20. The number of rotatable bonds is 3. The van der Waals surface area contributed by atoms with Crippen LogP contribution in [0.15, 0.2) is 0 Å². The van der Waals surface area contributed by atoms with Crippen LogP contribution >= 0.6 is 0 Å². The Morgan fingerprint density at radius 3 is 2.93 bits per heavy atom. The first-order valence-corrected chi connectivity index (χ1v) is 5.23.